The van der Waals surface area contributed by atoms with Gasteiger partial charge in [-0.1, -0.05) is 11.3 Å². The van der Waals surface area contributed by atoms with Gasteiger partial charge in [-0.05, 0) is 16.0 Å². The maximum Gasteiger partial charge on any atom is 0.366 e. The highest BCUT2D eigenvalue weighted by Gasteiger charge is 2.33. The number of anilines is 2. The molecule has 2 aromatic heterocycles. The Morgan fingerprint density at radius 2 is 2.31 bits per heavy atom. The van der Waals surface area contributed by atoms with Gasteiger partial charge >= 0.3 is 5.82 Å². The van der Waals surface area contributed by atoms with Gasteiger partial charge in [-0.15, -0.1) is 10.2 Å². The Bertz CT molecular complexity index is 871. The molecule has 0 saturated carbocycles. The minimum absolute atomic E-state index is 0.0806. The second-order valence-corrected chi connectivity index (χ2v) is 6.06. The molecule has 1 aliphatic rings. The number of carbonyl (C=O) groups excluding carboxylic acids is 2. The minimum Gasteiger partial charge on any atom is -0.477 e. The van der Waals surface area contributed by atoms with E-state index in [0.29, 0.717) is 5.01 Å². The van der Waals surface area contributed by atoms with Crippen LogP contribution in [0.15, 0.2) is 12.1 Å². The van der Waals surface area contributed by atoms with Gasteiger partial charge in [0.1, 0.15) is 18.2 Å². The Hall–Kier alpha value is -3.19. The molecule has 26 heavy (non-hydrogen) atoms. The van der Waals surface area contributed by atoms with Crippen molar-refractivity contribution in [3.63, 3.8) is 0 Å². The first kappa shape index (κ1) is 17.6. The van der Waals surface area contributed by atoms with Crippen molar-refractivity contribution in [3.8, 4) is 5.75 Å². The summed E-state index contributed by atoms with van der Waals surface area (Å²) in [7, 11) is 1.51. The molecule has 2 aromatic rings. The minimum atomic E-state index is -0.698. The first-order valence-corrected chi connectivity index (χ1v) is 7.99. The molecule has 0 saturated heterocycles. The highest BCUT2D eigenvalue weighted by Crippen LogP contribution is 2.31. The molecule has 0 unspecified atom stereocenters. The van der Waals surface area contributed by atoms with E-state index in [9.17, 15) is 19.7 Å². The van der Waals surface area contributed by atoms with E-state index in [4.69, 9.17) is 9.47 Å². The summed E-state index contributed by atoms with van der Waals surface area (Å²) in [6, 6.07) is 2.49. The number of methoxy groups -OCH3 is 1. The molecule has 13 heteroatoms. The first-order chi connectivity index (χ1) is 12.5. The molecule has 1 N–H and O–H groups in total. The lowest BCUT2D eigenvalue weighted by Crippen LogP contribution is -2.44. The average Bonchev–Trinajstić information content (AvgIpc) is 3.04. The summed E-state index contributed by atoms with van der Waals surface area (Å²) in [4.78, 5) is 39.3. The topological polar surface area (TPSA) is 150 Å². The Labute approximate surface area is 149 Å². The van der Waals surface area contributed by atoms with Crippen LogP contribution in [0.5, 0.6) is 5.75 Å². The van der Waals surface area contributed by atoms with Gasteiger partial charge in [0.2, 0.25) is 11.0 Å². The van der Waals surface area contributed by atoms with Gasteiger partial charge < -0.3 is 19.6 Å². The Balaban J connectivity index is 1.76. The first-order valence-electron chi connectivity index (χ1n) is 7.17. The van der Waals surface area contributed by atoms with Crippen LogP contribution in [0.2, 0.25) is 0 Å². The van der Waals surface area contributed by atoms with Crippen molar-refractivity contribution in [1.82, 2.24) is 15.2 Å². The number of ether oxygens (including phenoxy) is 2. The number of hydrogen-bond acceptors (Lipinski definition) is 10. The van der Waals surface area contributed by atoms with Gasteiger partial charge in [-0.3, -0.25) is 19.8 Å². The molecule has 3 rings (SSSR count). The summed E-state index contributed by atoms with van der Waals surface area (Å²) in [5.74, 6) is -1.46. The summed E-state index contributed by atoms with van der Waals surface area (Å²) in [5.41, 5.74) is 0. The molecule has 1 aliphatic heterocycles. The van der Waals surface area contributed by atoms with Crippen LogP contribution in [0.1, 0.15) is 5.01 Å². The Morgan fingerprint density at radius 3 is 3.04 bits per heavy atom. The maximum atomic E-state index is 12.2. The monoisotopic (exact) mass is 380 g/mol. The number of nitro groups is 1. The largest absolute Gasteiger partial charge is 0.477 e. The summed E-state index contributed by atoms with van der Waals surface area (Å²) in [5, 5.41) is 21.8. The Morgan fingerprint density at radius 1 is 1.50 bits per heavy atom. The quantitative estimate of drug-likeness (QED) is 0.553. The molecule has 0 atom stereocenters. The lowest BCUT2D eigenvalue weighted by Gasteiger charge is -2.24. The molecule has 0 aliphatic carbocycles. The van der Waals surface area contributed by atoms with Gasteiger partial charge in [0.05, 0.1) is 0 Å². The van der Waals surface area contributed by atoms with E-state index in [1.165, 1.54) is 13.2 Å². The zero-order valence-corrected chi connectivity index (χ0v) is 14.2. The Kier molecular flexibility index (Phi) is 4.99. The molecule has 0 aromatic carbocycles. The van der Waals surface area contributed by atoms with Crippen LogP contribution >= 0.6 is 11.3 Å². The lowest BCUT2D eigenvalue weighted by molar-refractivity contribution is -0.389. The van der Waals surface area contributed by atoms with E-state index >= 15 is 0 Å². The van der Waals surface area contributed by atoms with E-state index in [1.807, 2.05) is 0 Å². The van der Waals surface area contributed by atoms with Crippen molar-refractivity contribution < 1.29 is 24.0 Å². The normalized spacial score (nSPS) is 13.1. The van der Waals surface area contributed by atoms with Crippen molar-refractivity contribution in [2.45, 2.75) is 6.61 Å². The molecule has 12 nitrogen and oxygen atoms in total. The van der Waals surface area contributed by atoms with Gasteiger partial charge in [0.15, 0.2) is 12.4 Å². The van der Waals surface area contributed by atoms with Crippen LogP contribution in [0.4, 0.5) is 16.8 Å². The summed E-state index contributed by atoms with van der Waals surface area (Å²) >= 11 is 1.13. The highest BCUT2D eigenvalue weighted by molar-refractivity contribution is 7.15. The third-order valence-corrected chi connectivity index (χ3v) is 4.01. The molecule has 0 radical (unpaired) electrons. The van der Waals surface area contributed by atoms with E-state index in [1.54, 1.807) is 0 Å². The number of fused-ring (bicyclic) bond motifs is 1. The molecule has 0 bridgehead atoms. The molecule has 136 valence electrons. The lowest BCUT2D eigenvalue weighted by atomic mass is 10.3. The predicted molar refractivity (Wildman–Crippen MR) is 88.0 cm³/mol. The van der Waals surface area contributed by atoms with E-state index in [2.05, 4.69) is 20.5 Å². The fourth-order valence-electron chi connectivity index (χ4n) is 2.12. The zero-order valence-electron chi connectivity index (χ0n) is 13.4. The second-order valence-electron chi connectivity index (χ2n) is 5.00. The number of amides is 2. The van der Waals surface area contributed by atoms with Gasteiger partial charge in [-0.25, -0.2) is 0 Å². The summed E-state index contributed by atoms with van der Waals surface area (Å²) in [6.07, 6.45) is 0. The number of nitrogens with one attached hydrogen (secondary N) is 1. The van der Waals surface area contributed by atoms with Crippen molar-refractivity contribution in [3.05, 3.63) is 27.3 Å². The van der Waals surface area contributed by atoms with Gasteiger partial charge in [0, 0.05) is 13.2 Å². The predicted octanol–water partition coefficient (Wildman–Crippen LogP) is 0.352. The third kappa shape index (κ3) is 3.73. The molecule has 2 amide bonds. The van der Waals surface area contributed by atoms with Crippen molar-refractivity contribution in [1.29, 1.82) is 0 Å². The summed E-state index contributed by atoms with van der Waals surface area (Å²) < 4.78 is 10.1. The van der Waals surface area contributed by atoms with E-state index in [0.717, 1.165) is 22.3 Å². The molecule has 3 heterocycles. The standard InChI is InChI=1S/C13H12N6O6S/c1-24-5-10-16-17-13(26-10)15-9(20)4-18-11(21)6-25-7-2-3-8(19(22)23)14-12(7)18/h2-3H,4-6H2,1H3,(H,15,17,20). The highest BCUT2D eigenvalue weighted by atomic mass is 32.1. The molecular weight excluding hydrogens is 368 g/mol. The fraction of sp³-hybridized carbons (Fsp3) is 0.308. The number of nitrogens with zero attached hydrogens (tertiary/aromatic N) is 5. The van der Waals surface area contributed by atoms with Crippen LogP contribution in [0.25, 0.3) is 0 Å². The van der Waals surface area contributed by atoms with Crippen LogP contribution in [-0.2, 0) is 20.9 Å². The van der Waals surface area contributed by atoms with E-state index < -0.39 is 29.1 Å². The van der Waals surface area contributed by atoms with Gasteiger partial charge in [-0.2, -0.15) is 0 Å². The SMILES string of the molecule is COCc1nnc(NC(=O)CN2C(=O)COc3ccc([N+](=O)[O-])nc32)s1. The number of pyridine rings is 1. The van der Waals surface area contributed by atoms with Gasteiger partial charge in [0.25, 0.3) is 11.7 Å². The molecular formula is C13H12N6O6S. The number of aromatic nitrogens is 3. The van der Waals surface area contributed by atoms with Crippen LogP contribution in [0, 0.1) is 10.1 Å². The maximum absolute atomic E-state index is 12.2. The van der Waals surface area contributed by atoms with Crippen LogP contribution in [0.3, 0.4) is 0 Å². The number of carbonyl (C=O) groups is 2. The van der Waals surface area contributed by atoms with Crippen molar-refractivity contribution in [2.75, 3.05) is 30.5 Å². The number of hydrogen-bond donors (Lipinski definition) is 1. The summed E-state index contributed by atoms with van der Waals surface area (Å²) in [6.45, 7) is -0.435. The van der Waals surface area contributed by atoms with Crippen LogP contribution < -0.4 is 15.0 Å². The van der Waals surface area contributed by atoms with Crippen molar-refractivity contribution in [2.24, 2.45) is 0 Å². The smallest absolute Gasteiger partial charge is 0.366 e. The zero-order chi connectivity index (χ0) is 18.7. The molecule has 0 fully saturated rings. The fourth-order valence-corrected chi connectivity index (χ4v) is 2.85. The van der Waals surface area contributed by atoms with Crippen LogP contribution in [-0.4, -0.2) is 52.2 Å². The number of rotatable bonds is 6. The third-order valence-electron chi connectivity index (χ3n) is 3.20. The molecule has 0 spiro atoms. The van der Waals surface area contributed by atoms with Crippen molar-refractivity contribution >= 4 is 39.9 Å². The average molecular weight is 380 g/mol. The van der Waals surface area contributed by atoms with E-state index in [-0.39, 0.29) is 29.9 Å². The second kappa shape index (κ2) is 7.37.